The largest absolute Gasteiger partial charge is 0.461 e. The fraction of sp³-hybridized carbons (Fsp3) is 0.389. The van der Waals surface area contributed by atoms with Crippen molar-refractivity contribution in [2.45, 2.75) is 39.8 Å². The van der Waals surface area contributed by atoms with Gasteiger partial charge in [-0.3, -0.25) is 4.57 Å². The number of amides is 1. The van der Waals surface area contributed by atoms with Crippen molar-refractivity contribution in [2.24, 2.45) is 0 Å². The standard InChI is InChI=1S/C18H23N3O4/c1-5-24-16(22)15-11-19-12-21(15)14-9-7-6-8-13(14)10-20-17(23)25-18(2,3)4/h6-9,11-12H,5,10H2,1-4H3,(H,20,23). The molecule has 0 spiro atoms. The number of ether oxygens (including phenoxy) is 2. The molecule has 1 amide bonds. The highest BCUT2D eigenvalue weighted by molar-refractivity contribution is 5.88. The van der Waals surface area contributed by atoms with Gasteiger partial charge in [0.25, 0.3) is 0 Å². The Kier molecular flexibility index (Phi) is 5.80. The topological polar surface area (TPSA) is 82.5 Å². The highest BCUT2D eigenvalue weighted by Crippen LogP contribution is 2.18. The normalized spacial score (nSPS) is 11.0. The first-order chi connectivity index (χ1) is 11.8. The fourth-order valence-electron chi connectivity index (χ4n) is 2.22. The lowest BCUT2D eigenvalue weighted by atomic mass is 10.1. The van der Waals surface area contributed by atoms with Gasteiger partial charge in [-0.2, -0.15) is 0 Å². The van der Waals surface area contributed by atoms with Crippen LogP contribution in [-0.4, -0.2) is 33.8 Å². The third-order valence-electron chi connectivity index (χ3n) is 3.20. The summed E-state index contributed by atoms with van der Waals surface area (Å²) in [6.07, 6.45) is 2.49. The van der Waals surface area contributed by atoms with Crippen LogP contribution >= 0.6 is 0 Å². The van der Waals surface area contributed by atoms with Gasteiger partial charge in [-0.05, 0) is 39.3 Å². The number of alkyl carbamates (subject to hydrolysis) is 1. The molecule has 0 saturated carbocycles. The van der Waals surface area contributed by atoms with Gasteiger partial charge in [-0.25, -0.2) is 14.6 Å². The van der Waals surface area contributed by atoms with Gasteiger partial charge in [-0.15, -0.1) is 0 Å². The van der Waals surface area contributed by atoms with Crippen molar-refractivity contribution in [3.05, 3.63) is 48.0 Å². The van der Waals surface area contributed by atoms with Crippen molar-refractivity contribution in [3.8, 4) is 5.69 Å². The number of esters is 1. The summed E-state index contributed by atoms with van der Waals surface area (Å²) in [5.41, 5.74) is 1.31. The number of carbonyl (C=O) groups is 2. The smallest absolute Gasteiger partial charge is 0.407 e. The number of hydrogen-bond acceptors (Lipinski definition) is 5. The van der Waals surface area contributed by atoms with Crippen LogP contribution in [0.3, 0.4) is 0 Å². The number of nitrogens with one attached hydrogen (secondary N) is 1. The van der Waals surface area contributed by atoms with Crippen LogP contribution in [0.25, 0.3) is 5.69 Å². The van der Waals surface area contributed by atoms with Gasteiger partial charge in [0, 0.05) is 6.54 Å². The molecule has 0 aliphatic carbocycles. The summed E-state index contributed by atoms with van der Waals surface area (Å²) < 4.78 is 11.9. The SMILES string of the molecule is CCOC(=O)c1cncn1-c1ccccc1CNC(=O)OC(C)(C)C. The van der Waals surface area contributed by atoms with Crippen molar-refractivity contribution < 1.29 is 19.1 Å². The summed E-state index contributed by atoms with van der Waals surface area (Å²) in [6.45, 7) is 7.70. The van der Waals surface area contributed by atoms with Crippen molar-refractivity contribution in [3.63, 3.8) is 0 Å². The minimum absolute atomic E-state index is 0.255. The van der Waals surface area contributed by atoms with Gasteiger partial charge in [0.05, 0.1) is 24.8 Å². The second kappa shape index (κ2) is 7.83. The van der Waals surface area contributed by atoms with E-state index in [2.05, 4.69) is 10.3 Å². The number of rotatable bonds is 5. The molecule has 7 nitrogen and oxygen atoms in total. The highest BCUT2D eigenvalue weighted by Gasteiger charge is 2.18. The molecule has 0 radical (unpaired) electrons. The molecule has 0 saturated heterocycles. The molecule has 7 heteroatoms. The average molecular weight is 345 g/mol. The molecule has 0 atom stereocenters. The molecule has 0 fully saturated rings. The van der Waals surface area contributed by atoms with Gasteiger partial charge in [0.15, 0.2) is 5.69 Å². The molecular formula is C18H23N3O4. The summed E-state index contributed by atoms with van der Waals surface area (Å²) in [4.78, 5) is 28.0. The third-order valence-corrected chi connectivity index (χ3v) is 3.20. The molecule has 1 aromatic heterocycles. The van der Waals surface area contributed by atoms with Gasteiger partial charge in [-0.1, -0.05) is 18.2 Å². The number of benzene rings is 1. The summed E-state index contributed by atoms with van der Waals surface area (Å²) in [5, 5.41) is 2.72. The summed E-state index contributed by atoms with van der Waals surface area (Å²) in [7, 11) is 0. The molecule has 0 unspecified atom stereocenters. The average Bonchev–Trinajstić information content (AvgIpc) is 3.01. The second-order valence-corrected chi connectivity index (χ2v) is 6.35. The number of nitrogens with zero attached hydrogens (tertiary/aromatic N) is 2. The van der Waals surface area contributed by atoms with Crippen LogP contribution in [0.15, 0.2) is 36.8 Å². The molecule has 0 bridgehead atoms. The molecule has 134 valence electrons. The predicted molar refractivity (Wildman–Crippen MR) is 92.6 cm³/mol. The molecule has 1 aromatic carbocycles. The van der Waals surface area contributed by atoms with Crippen LogP contribution in [0.4, 0.5) is 4.79 Å². The van der Waals surface area contributed by atoms with E-state index in [0.29, 0.717) is 5.69 Å². The number of hydrogen-bond donors (Lipinski definition) is 1. The van der Waals surface area contributed by atoms with Crippen LogP contribution in [-0.2, 0) is 16.0 Å². The van der Waals surface area contributed by atoms with Crippen LogP contribution in [0.2, 0.25) is 0 Å². The number of imidazole rings is 1. The van der Waals surface area contributed by atoms with Crippen molar-refractivity contribution in [2.75, 3.05) is 6.61 Å². The Labute approximate surface area is 147 Å². The molecule has 0 aliphatic rings. The van der Waals surface area contributed by atoms with Gasteiger partial charge in [0.2, 0.25) is 0 Å². The molecule has 2 rings (SSSR count). The second-order valence-electron chi connectivity index (χ2n) is 6.35. The lowest BCUT2D eigenvalue weighted by Gasteiger charge is -2.20. The first kappa shape index (κ1) is 18.5. The van der Waals surface area contributed by atoms with E-state index in [0.717, 1.165) is 11.3 Å². The maximum absolute atomic E-state index is 12.1. The molecular weight excluding hydrogens is 322 g/mol. The number of carbonyl (C=O) groups excluding carboxylic acids is 2. The first-order valence-electron chi connectivity index (χ1n) is 8.06. The van der Waals surface area contributed by atoms with E-state index in [-0.39, 0.29) is 13.2 Å². The third kappa shape index (κ3) is 5.07. The molecule has 0 aliphatic heterocycles. The summed E-state index contributed by atoms with van der Waals surface area (Å²) in [6, 6.07) is 7.41. The Morgan fingerprint density at radius 2 is 1.96 bits per heavy atom. The Hall–Kier alpha value is -2.83. The van der Waals surface area contributed by atoms with Crippen molar-refractivity contribution in [1.29, 1.82) is 0 Å². The van der Waals surface area contributed by atoms with Crippen LogP contribution < -0.4 is 5.32 Å². The van der Waals surface area contributed by atoms with Gasteiger partial charge in [0.1, 0.15) is 5.60 Å². The molecule has 25 heavy (non-hydrogen) atoms. The zero-order chi connectivity index (χ0) is 18.4. The van der Waals surface area contributed by atoms with Crippen LogP contribution in [0.1, 0.15) is 43.7 Å². The van der Waals surface area contributed by atoms with E-state index in [4.69, 9.17) is 9.47 Å². The zero-order valence-electron chi connectivity index (χ0n) is 14.9. The Bertz CT molecular complexity index is 747. The van der Waals surface area contributed by atoms with Gasteiger partial charge >= 0.3 is 12.1 Å². The maximum Gasteiger partial charge on any atom is 0.407 e. The van der Waals surface area contributed by atoms with E-state index in [1.54, 1.807) is 38.6 Å². The van der Waals surface area contributed by atoms with E-state index in [1.807, 2.05) is 24.3 Å². The quantitative estimate of drug-likeness (QED) is 0.842. The van der Waals surface area contributed by atoms with Crippen LogP contribution in [0, 0.1) is 0 Å². The monoisotopic (exact) mass is 345 g/mol. The Morgan fingerprint density at radius 3 is 2.64 bits per heavy atom. The fourth-order valence-corrected chi connectivity index (χ4v) is 2.22. The Balaban J connectivity index is 2.21. The minimum atomic E-state index is -0.564. The van der Waals surface area contributed by atoms with E-state index < -0.39 is 17.7 Å². The van der Waals surface area contributed by atoms with E-state index >= 15 is 0 Å². The van der Waals surface area contributed by atoms with E-state index in [1.165, 1.54) is 6.20 Å². The first-order valence-corrected chi connectivity index (χ1v) is 8.06. The van der Waals surface area contributed by atoms with E-state index in [9.17, 15) is 9.59 Å². The highest BCUT2D eigenvalue weighted by atomic mass is 16.6. The lowest BCUT2D eigenvalue weighted by Crippen LogP contribution is -2.32. The summed E-state index contributed by atoms with van der Waals surface area (Å²) >= 11 is 0. The van der Waals surface area contributed by atoms with Crippen LogP contribution in [0.5, 0.6) is 0 Å². The predicted octanol–water partition coefficient (Wildman–Crippen LogP) is 3.07. The molecule has 1 heterocycles. The lowest BCUT2D eigenvalue weighted by molar-refractivity contribution is 0.0507. The van der Waals surface area contributed by atoms with Gasteiger partial charge < -0.3 is 14.8 Å². The Morgan fingerprint density at radius 1 is 1.24 bits per heavy atom. The molecule has 1 N–H and O–H groups in total. The van der Waals surface area contributed by atoms with Crippen molar-refractivity contribution >= 4 is 12.1 Å². The number of para-hydroxylation sites is 1. The molecule has 2 aromatic rings. The number of aromatic nitrogens is 2. The van der Waals surface area contributed by atoms with Crippen molar-refractivity contribution in [1.82, 2.24) is 14.9 Å². The summed E-state index contributed by atoms with van der Waals surface area (Å²) in [5.74, 6) is -0.449. The maximum atomic E-state index is 12.1. The zero-order valence-corrected chi connectivity index (χ0v) is 14.9. The minimum Gasteiger partial charge on any atom is -0.461 e.